The van der Waals surface area contributed by atoms with Gasteiger partial charge >= 0.3 is 0 Å². The summed E-state index contributed by atoms with van der Waals surface area (Å²) in [6, 6.07) is 1.63. The molecule has 0 bridgehead atoms. The standard InChI is InChI=1S/C14H28N2S/c1-13-6-2-3-9-16(13)10-5-8-15-14-7-4-11-17-12-14/h13-15H,2-12H2,1H3. The second-order valence-corrected chi connectivity index (χ2v) is 6.75. The van der Waals surface area contributed by atoms with Crippen molar-refractivity contribution in [2.75, 3.05) is 31.1 Å². The van der Waals surface area contributed by atoms with E-state index in [4.69, 9.17) is 0 Å². The van der Waals surface area contributed by atoms with Crippen LogP contribution in [0.15, 0.2) is 0 Å². The molecule has 0 amide bonds. The van der Waals surface area contributed by atoms with Crippen molar-refractivity contribution in [1.82, 2.24) is 10.2 Å². The molecule has 0 radical (unpaired) electrons. The normalized spacial score (nSPS) is 31.6. The molecule has 0 aromatic carbocycles. The molecular formula is C14H28N2S. The fourth-order valence-electron chi connectivity index (χ4n) is 2.98. The van der Waals surface area contributed by atoms with Crippen LogP contribution in [0.25, 0.3) is 0 Å². The van der Waals surface area contributed by atoms with Gasteiger partial charge in [0, 0.05) is 17.8 Å². The Labute approximate surface area is 111 Å². The first-order valence-corrected chi connectivity index (χ1v) is 8.57. The van der Waals surface area contributed by atoms with Crippen LogP contribution < -0.4 is 5.32 Å². The van der Waals surface area contributed by atoms with Crippen LogP contribution in [0.3, 0.4) is 0 Å². The highest BCUT2D eigenvalue weighted by Crippen LogP contribution is 2.17. The number of piperidine rings is 1. The van der Waals surface area contributed by atoms with E-state index in [0.29, 0.717) is 0 Å². The summed E-state index contributed by atoms with van der Waals surface area (Å²) in [5, 5.41) is 3.73. The van der Waals surface area contributed by atoms with E-state index in [0.717, 1.165) is 12.1 Å². The Bertz CT molecular complexity index is 204. The number of rotatable bonds is 5. The first-order chi connectivity index (χ1) is 8.36. The quantitative estimate of drug-likeness (QED) is 0.762. The van der Waals surface area contributed by atoms with Crippen molar-refractivity contribution in [3.63, 3.8) is 0 Å². The lowest BCUT2D eigenvalue weighted by atomic mass is 10.0. The Kier molecular flexibility index (Phi) is 6.16. The van der Waals surface area contributed by atoms with Gasteiger partial charge in [-0.05, 0) is 64.4 Å². The number of hydrogen-bond donors (Lipinski definition) is 1. The fourth-order valence-corrected chi connectivity index (χ4v) is 4.09. The lowest BCUT2D eigenvalue weighted by Crippen LogP contribution is -2.40. The average molecular weight is 256 g/mol. The predicted octanol–water partition coefficient (Wildman–Crippen LogP) is 2.74. The molecule has 0 saturated carbocycles. The molecule has 2 saturated heterocycles. The van der Waals surface area contributed by atoms with Gasteiger partial charge in [0.05, 0.1) is 0 Å². The minimum absolute atomic E-state index is 0.799. The van der Waals surface area contributed by atoms with E-state index >= 15 is 0 Å². The van der Waals surface area contributed by atoms with Crippen molar-refractivity contribution in [1.29, 1.82) is 0 Å². The van der Waals surface area contributed by atoms with Gasteiger partial charge < -0.3 is 10.2 Å². The number of nitrogens with zero attached hydrogens (tertiary/aromatic N) is 1. The Morgan fingerprint density at radius 2 is 2.18 bits per heavy atom. The monoisotopic (exact) mass is 256 g/mol. The maximum atomic E-state index is 3.73. The maximum Gasteiger partial charge on any atom is 0.0158 e. The molecule has 2 fully saturated rings. The molecule has 3 heteroatoms. The van der Waals surface area contributed by atoms with E-state index in [1.807, 2.05) is 0 Å². The Balaban J connectivity index is 1.53. The van der Waals surface area contributed by atoms with Crippen molar-refractivity contribution >= 4 is 11.8 Å². The molecule has 0 aromatic rings. The SMILES string of the molecule is CC1CCCCN1CCCNC1CCCSC1. The third kappa shape index (κ3) is 4.80. The molecule has 2 nitrogen and oxygen atoms in total. The third-order valence-corrected chi connectivity index (χ3v) is 5.37. The smallest absolute Gasteiger partial charge is 0.0158 e. The van der Waals surface area contributed by atoms with Gasteiger partial charge in [-0.15, -0.1) is 0 Å². The molecule has 0 spiro atoms. The van der Waals surface area contributed by atoms with Crippen LogP contribution in [-0.4, -0.2) is 48.1 Å². The van der Waals surface area contributed by atoms with E-state index in [2.05, 4.69) is 28.9 Å². The zero-order valence-corrected chi connectivity index (χ0v) is 12.1. The van der Waals surface area contributed by atoms with E-state index in [-0.39, 0.29) is 0 Å². The molecule has 2 heterocycles. The van der Waals surface area contributed by atoms with Gasteiger partial charge in [-0.25, -0.2) is 0 Å². The maximum absolute atomic E-state index is 3.73. The Morgan fingerprint density at radius 3 is 2.94 bits per heavy atom. The highest BCUT2D eigenvalue weighted by atomic mass is 32.2. The van der Waals surface area contributed by atoms with Crippen LogP contribution in [0.5, 0.6) is 0 Å². The van der Waals surface area contributed by atoms with Crippen LogP contribution in [0, 0.1) is 0 Å². The summed E-state index contributed by atoms with van der Waals surface area (Å²) < 4.78 is 0. The minimum Gasteiger partial charge on any atom is -0.313 e. The van der Waals surface area contributed by atoms with E-state index in [9.17, 15) is 0 Å². The predicted molar refractivity (Wildman–Crippen MR) is 77.9 cm³/mol. The average Bonchev–Trinajstić information content (AvgIpc) is 2.38. The van der Waals surface area contributed by atoms with Gasteiger partial charge in [-0.3, -0.25) is 0 Å². The highest BCUT2D eigenvalue weighted by molar-refractivity contribution is 7.99. The van der Waals surface area contributed by atoms with E-state index in [1.54, 1.807) is 0 Å². The van der Waals surface area contributed by atoms with Crippen LogP contribution in [0.4, 0.5) is 0 Å². The van der Waals surface area contributed by atoms with Crippen molar-refractivity contribution < 1.29 is 0 Å². The van der Waals surface area contributed by atoms with Gasteiger partial charge in [-0.2, -0.15) is 11.8 Å². The molecule has 1 N–H and O–H groups in total. The van der Waals surface area contributed by atoms with Crippen molar-refractivity contribution in [2.24, 2.45) is 0 Å². The molecule has 2 aliphatic rings. The van der Waals surface area contributed by atoms with Crippen LogP contribution in [0.1, 0.15) is 45.4 Å². The summed E-state index contributed by atoms with van der Waals surface area (Å²) in [6.45, 7) is 6.24. The minimum atomic E-state index is 0.799. The molecule has 0 aliphatic carbocycles. The number of likely N-dealkylation sites (tertiary alicyclic amines) is 1. The summed E-state index contributed by atoms with van der Waals surface area (Å²) >= 11 is 2.12. The number of thioether (sulfide) groups is 1. The topological polar surface area (TPSA) is 15.3 Å². The molecule has 17 heavy (non-hydrogen) atoms. The molecule has 0 aromatic heterocycles. The van der Waals surface area contributed by atoms with E-state index in [1.165, 1.54) is 69.7 Å². The van der Waals surface area contributed by atoms with E-state index < -0.39 is 0 Å². The zero-order chi connectivity index (χ0) is 11.9. The Hall–Kier alpha value is 0.270. The third-order valence-electron chi connectivity index (χ3n) is 4.16. The molecule has 2 rings (SSSR count). The molecule has 2 aliphatic heterocycles. The molecule has 100 valence electrons. The molecule has 2 atom stereocenters. The van der Waals surface area contributed by atoms with Gasteiger partial charge in [-0.1, -0.05) is 6.42 Å². The number of hydrogen-bond acceptors (Lipinski definition) is 3. The largest absolute Gasteiger partial charge is 0.313 e. The van der Waals surface area contributed by atoms with Gasteiger partial charge in [0.15, 0.2) is 0 Å². The van der Waals surface area contributed by atoms with Gasteiger partial charge in [0.25, 0.3) is 0 Å². The summed E-state index contributed by atoms with van der Waals surface area (Å²) in [5.41, 5.74) is 0. The zero-order valence-electron chi connectivity index (χ0n) is 11.3. The lowest BCUT2D eigenvalue weighted by Gasteiger charge is -2.33. The first kappa shape index (κ1) is 13.7. The summed E-state index contributed by atoms with van der Waals surface area (Å²) in [7, 11) is 0. The van der Waals surface area contributed by atoms with Gasteiger partial charge in [0.1, 0.15) is 0 Å². The van der Waals surface area contributed by atoms with Crippen LogP contribution in [0.2, 0.25) is 0 Å². The van der Waals surface area contributed by atoms with Crippen LogP contribution >= 0.6 is 11.8 Å². The van der Waals surface area contributed by atoms with Crippen molar-refractivity contribution in [3.05, 3.63) is 0 Å². The number of nitrogens with one attached hydrogen (secondary N) is 1. The second kappa shape index (κ2) is 7.65. The molecule has 2 unspecified atom stereocenters. The summed E-state index contributed by atoms with van der Waals surface area (Å²) in [6.07, 6.45) is 8.39. The lowest BCUT2D eigenvalue weighted by molar-refractivity contribution is 0.158. The second-order valence-electron chi connectivity index (χ2n) is 5.60. The first-order valence-electron chi connectivity index (χ1n) is 7.41. The molecular weight excluding hydrogens is 228 g/mol. The van der Waals surface area contributed by atoms with Crippen molar-refractivity contribution in [3.8, 4) is 0 Å². The summed E-state index contributed by atoms with van der Waals surface area (Å²) in [4.78, 5) is 2.68. The van der Waals surface area contributed by atoms with Crippen LogP contribution in [-0.2, 0) is 0 Å². The highest BCUT2D eigenvalue weighted by Gasteiger charge is 2.17. The van der Waals surface area contributed by atoms with Crippen molar-refractivity contribution in [2.45, 2.75) is 57.5 Å². The fraction of sp³-hybridized carbons (Fsp3) is 1.00. The Morgan fingerprint density at radius 1 is 1.24 bits per heavy atom. The van der Waals surface area contributed by atoms with Gasteiger partial charge in [0.2, 0.25) is 0 Å². The summed E-state index contributed by atoms with van der Waals surface area (Å²) in [5.74, 6) is 2.71.